The molecule has 0 heterocycles. The van der Waals surface area contributed by atoms with Gasteiger partial charge in [0.25, 0.3) is 0 Å². The Balaban J connectivity index is 4.56. The van der Waals surface area contributed by atoms with Crippen LogP contribution in [0.2, 0.25) is 0 Å². The second-order valence-corrected chi connectivity index (χ2v) is 7.36. The van der Waals surface area contributed by atoms with Gasteiger partial charge in [-0.3, -0.25) is 4.79 Å². The molecule has 2 unspecified atom stereocenters. The fraction of sp³-hybridized carbons (Fsp3) is 0.882. The molecule has 0 spiro atoms. The molecule has 6 heteroatoms. The number of hydrogen-bond acceptors (Lipinski definition) is 4. The minimum atomic E-state index is -0.938. The maximum Gasteiger partial charge on any atom is 0.407 e. The first-order valence-corrected chi connectivity index (χ1v) is 8.49. The number of hydrogen-bond donors (Lipinski definition) is 3. The van der Waals surface area contributed by atoms with E-state index in [1.54, 1.807) is 20.8 Å². The molecule has 0 saturated carbocycles. The molecule has 0 aliphatic heterocycles. The number of amides is 2. The molecule has 0 rings (SSSR count). The number of ether oxygens (including phenoxy) is 1. The van der Waals surface area contributed by atoms with Crippen LogP contribution in [0.1, 0.15) is 67.2 Å². The molecule has 2 atom stereocenters. The van der Waals surface area contributed by atoms with Crippen LogP contribution in [0.15, 0.2) is 0 Å². The standard InChI is InChI=1S/C17H34N2O4/c1-7-8-9-18-15(21)11-14(20)13(10-12(2)3)19-16(22)23-17(4,5)6/h12-14,20H,7-11H2,1-6H3,(H,18,21)(H,19,22). The van der Waals surface area contributed by atoms with Crippen molar-refractivity contribution in [3.05, 3.63) is 0 Å². The van der Waals surface area contributed by atoms with E-state index >= 15 is 0 Å². The van der Waals surface area contributed by atoms with Crippen LogP contribution in [0.25, 0.3) is 0 Å². The van der Waals surface area contributed by atoms with Crippen LogP contribution in [0.5, 0.6) is 0 Å². The second-order valence-electron chi connectivity index (χ2n) is 7.36. The smallest absolute Gasteiger partial charge is 0.407 e. The Kier molecular flexibility index (Phi) is 9.88. The van der Waals surface area contributed by atoms with Crippen LogP contribution < -0.4 is 10.6 Å². The van der Waals surface area contributed by atoms with Gasteiger partial charge < -0.3 is 20.5 Å². The first-order valence-electron chi connectivity index (χ1n) is 8.49. The Hall–Kier alpha value is -1.30. The third kappa shape index (κ3) is 11.9. The maximum absolute atomic E-state index is 11.9. The number of aliphatic hydroxyl groups excluding tert-OH is 1. The van der Waals surface area contributed by atoms with E-state index in [0.29, 0.717) is 13.0 Å². The summed E-state index contributed by atoms with van der Waals surface area (Å²) in [6.45, 7) is 12.0. The number of nitrogens with one attached hydrogen (secondary N) is 2. The second kappa shape index (κ2) is 10.5. The van der Waals surface area contributed by atoms with Crippen LogP contribution >= 0.6 is 0 Å². The molecule has 2 amide bonds. The van der Waals surface area contributed by atoms with Crippen LogP contribution in [0, 0.1) is 5.92 Å². The van der Waals surface area contributed by atoms with Gasteiger partial charge in [-0.25, -0.2) is 4.79 Å². The summed E-state index contributed by atoms with van der Waals surface area (Å²) < 4.78 is 5.22. The highest BCUT2D eigenvalue weighted by molar-refractivity contribution is 5.76. The Morgan fingerprint density at radius 2 is 1.83 bits per heavy atom. The summed E-state index contributed by atoms with van der Waals surface area (Å²) >= 11 is 0. The van der Waals surface area contributed by atoms with Gasteiger partial charge in [-0.2, -0.15) is 0 Å². The molecule has 0 bridgehead atoms. The van der Waals surface area contributed by atoms with Gasteiger partial charge in [-0.05, 0) is 39.5 Å². The molecule has 0 saturated heterocycles. The minimum Gasteiger partial charge on any atom is -0.444 e. The monoisotopic (exact) mass is 330 g/mol. The molecule has 0 aromatic rings. The van der Waals surface area contributed by atoms with Gasteiger partial charge in [-0.15, -0.1) is 0 Å². The van der Waals surface area contributed by atoms with Gasteiger partial charge >= 0.3 is 6.09 Å². The van der Waals surface area contributed by atoms with Crippen LogP contribution in [-0.4, -0.2) is 41.4 Å². The number of carbonyl (C=O) groups is 2. The maximum atomic E-state index is 11.9. The molecular formula is C17H34N2O4. The normalized spacial score (nSPS) is 14.3. The summed E-state index contributed by atoms with van der Waals surface area (Å²) in [6, 6.07) is -0.512. The lowest BCUT2D eigenvalue weighted by Crippen LogP contribution is -2.47. The summed E-state index contributed by atoms with van der Waals surface area (Å²) in [4.78, 5) is 23.7. The fourth-order valence-corrected chi connectivity index (χ4v) is 2.09. The van der Waals surface area contributed by atoms with E-state index in [4.69, 9.17) is 4.74 Å². The molecule has 3 N–H and O–H groups in total. The zero-order chi connectivity index (χ0) is 18.0. The third-order valence-corrected chi connectivity index (χ3v) is 3.14. The molecule has 0 aromatic heterocycles. The van der Waals surface area contributed by atoms with Gasteiger partial charge in [0.05, 0.1) is 18.6 Å². The molecule has 0 aliphatic rings. The Morgan fingerprint density at radius 3 is 2.30 bits per heavy atom. The Bertz CT molecular complexity index is 364. The third-order valence-electron chi connectivity index (χ3n) is 3.14. The fourth-order valence-electron chi connectivity index (χ4n) is 2.09. The van der Waals surface area contributed by atoms with Crippen LogP contribution in [-0.2, 0) is 9.53 Å². The lowest BCUT2D eigenvalue weighted by molar-refractivity contribution is -0.123. The van der Waals surface area contributed by atoms with E-state index in [1.165, 1.54) is 0 Å². The quantitative estimate of drug-likeness (QED) is 0.567. The van der Waals surface area contributed by atoms with E-state index in [0.717, 1.165) is 12.8 Å². The van der Waals surface area contributed by atoms with Crippen molar-refractivity contribution in [2.24, 2.45) is 5.92 Å². The van der Waals surface area contributed by atoms with Gasteiger partial charge in [0, 0.05) is 6.54 Å². The van der Waals surface area contributed by atoms with Crippen molar-refractivity contribution in [2.75, 3.05) is 6.54 Å². The van der Waals surface area contributed by atoms with Crippen molar-refractivity contribution >= 4 is 12.0 Å². The largest absolute Gasteiger partial charge is 0.444 e. The van der Waals surface area contributed by atoms with Crippen molar-refractivity contribution in [1.82, 2.24) is 10.6 Å². The molecule has 0 aliphatic carbocycles. The Morgan fingerprint density at radius 1 is 1.22 bits per heavy atom. The van der Waals surface area contributed by atoms with Crippen LogP contribution in [0.4, 0.5) is 4.79 Å². The molecule has 136 valence electrons. The zero-order valence-corrected chi connectivity index (χ0v) is 15.4. The molecule has 6 nitrogen and oxygen atoms in total. The average Bonchev–Trinajstić information content (AvgIpc) is 2.35. The molecule has 23 heavy (non-hydrogen) atoms. The zero-order valence-electron chi connectivity index (χ0n) is 15.4. The molecule has 0 aromatic carbocycles. The lowest BCUT2D eigenvalue weighted by Gasteiger charge is -2.27. The van der Waals surface area contributed by atoms with E-state index in [1.807, 2.05) is 20.8 Å². The summed E-state index contributed by atoms with van der Waals surface area (Å²) in [5, 5.41) is 15.8. The number of carbonyl (C=O) groups excluding carboxylic acids is 2. The summed E-state index contributed by atoms with van der Waals surface area (Å²) in [6.07, 6.45) is 0.937. The van der Waals surface area contributed by atoms with E-state index < -0.39 is 23.8 Å². The number of rotatable bonds is 9. The topological polar surface area (TPSA) is 87.7 Å². The predicted octanol–water partition coefficient (Wildman–Crippen LogP) is 2.59. The highest BCUT2D eigenvalue weighted by Gasteiger charge is 2.26. The number of aliphatic hydroxyl groups is 1. The van der Waals surface area contributed by atoms with Gasteiger partial charge in [0.15, 0.2) is 0 Å². The lowest BCUT2D eigenvalue weighted by atomic mass is 9.97. The van der Waals surface area contributed by atoms with Crippen molar-refractivity contribution in [3.8, 4) is 0 Å². The van der Waals surface area contributed by atoms with Crippen molar-refractivity contribution < 1.29 is 19.4 Å². The summed E-state index contributed by atoms with van der Waals surface area (Å²) in [5.41, 5.74) is -0.602. The first-order chi connectivity index (χ1) is 10.5. The molecule has 0 fully saturated rings. The highest BCUT2D eigenvalue weighted by Crippen LogP contribution is 2.13. The molecule has 0 radical (unpaired) electrons. The minimum absolute atomic E-state index is 0.0309. The highest BCUT2D eigenvalue weighted by atomic mass is 16.6. The van der Waals surface area contributed by atoms with Crippen molar-refractivity contribution in [1.29, 1.82) is 0 Å². The number of unbranched alkanes of at least 4 members (excludes halogenated alkanes) is 1. The SMILES string of the molecule is CCCCNC(=O)CC(O)C(CC(C)C)NC(=O)OC(C)(C)C. The Labute approximate surface area is 140 Å². The average molecular weight is 330 g/mol. The predicted molar refractivity (Wildman–Crippen MR) is 91.2 cm³/mol. The van der Waals surface area contributed by atoms with Gasteiger partial charge in [0.1, 0.15) is 5.60 Å². The molecular weight excluding hydrogens is 296 g/mol. The van der Waals surface area contributed by atoms with Crippen molar-refractivity contribution in [2.45, 2.75) is 85.0 Å². The van der Waals surface area contributed by atoms with E-state index in [9.17, 15) is 14.7 Å². The van der Waals surface area contributed by atoms with Gasteiger partial charge in [-0.1, -0.05) is 27.2 Å². The summed E-state index contributed by atoms with van der Waals surface area (Å²) in [7, 11) is 0. The van der Waals surface area contributed by atoms with Gasteiger partial charge in [0.2, 0.25) is 5.91 Å². The number of alkyl carbamates (subject to hydrolysis) is 1. The van der Waals surface area contributed by atoms with Crippen LogP contribution in [0.3, 0.4) is 0 Å². The van der Waals surface area contributed by atoms with E-state index in [-0.39, 0.29) is 18.2 Å². The first kappa shape index (κ1) is 21.7. The summed E-state index contributed by atoms with van der Waals surface area (Å²) in [5.74, 6) is 0.0680. The van der Waals surface area contributed by atoms with Crippen molar-refractivity contribution in [3.63, 3.8) is 0 Å². The van der Waals surface area contributed by atoms with E-state index in [2.05, 4.69) is 10.6 Å².